The maximum Gasteiger partial charge on any atom is 0.251 e. The number of carbonyl (C=O) groups excluding carboxylic acids is 2. The molecule has 1 rings (SSSR count). The maximum absolute atomic E-state index is 11.9. The number of amides is 2. The lowest BCUT2D eigenvalue weighted by molar-refractivity contribution is -0.121. The highest BCUT2D eigenvalue weighted by Crippen LogP contribution is 2.17. The van der Waals surface area contributed by atoms with E-state index in [1.807, 2.05) is 20.8 Å². The molecule has 0 saturated carbocycles. The van der Waals surface area contributed by atoms with E-state index < -0.39 is 0 Å². The van der Waals surface area contributed by atoms with Crippen LogP contribution < -0.4 is 16.4 Å². The molecule has 0 spiro atoms. The van der Waals surface area contributed by atoms with Crippen LogP contribution >= 0.6 is 15.9 Å². The first-order valence-electron chi connectivity index (χ1n) is 5.83. The van der Waals surface area contributed by atoms with Crippen LogP contribution in [0.15, 0.2) is 22.7 Å². The molecule has 0 aromatic heterocycles. The number of nitrogens with two attached hydrogens (primary N) is 1. The number of carbonyl (C=O) groups is 2. The van der Waals surface area contributed by atoms with Crippen molar-refractivity contribution in [1.82, 2.24) is 10.6 Å². The fraction of sp³-hybridized carbons (Fsp3) is 0.385. The van der Waals surface area contributed by atoms with Crippen molar-refractivity contribution < 1.29 is 9.59 Å². The average molecular weight is 328 g/mol. The third kappa shape index (κ3) is 5.74. The number of hydrogen-bond acceptors (Lipinski definition) is 3. The Morgan fingerprint density at radius 2 is 1.89 bits per heavy atom. The Labute approximate surface area is 121 Å². The molecule has 0 radical (unpaired) electrons. The lowest BCUT2D eigenvalue weighted by atomic mass is 10.1. The summed E-state index contributed by atoms with van der Waals surface area (Å²) in [7, 11) is 0. The van der Waals surface area contributed by atoms with Gasteiger partial charge in [-0.15, -0.1) is 0 Å². The van der Waals surface area contributed by atoms with E-state index in [0.717, 1.165) is 4.47 Å². The Hall–Kier alpha value is -1.56. The van der Waals surface area contributed by atoms with Crippen LogP contribution in [-0.2, 0) is 4.79 Å². The van der Waals surface area contributed by atoms with Gasteiger partial charge in [0, 0.05) is 21.3 Å². The van der Waals surface area contributed by atoms with E-state index in [-0.39, 0.29) is 23.9 Å². The molecule has 0 saturated heterocycles. The van der Waals surface area contributed by atoms with E-state index in [9.17, 15) is 9.59 Å². The number of rotatable bonds is 3. The van der Waals surface area contributed by atoms with Crippen molar-refractivity contribution in [3.63, 3.8) is 0 Å². The highest BCUT2D eigenvalue weighted by Gasteiger charge is 2.15. The predicted molar refractivity (Wildman–Crippen MR) is 78.8 cm³/mol. The highest BCUT2D eigenvalue weighted by atomic mass is 79.9. The van der Waals surface area contributed by atoms with Crippen LogP contribution in [0, 0.1) is 0 Å². The van der Waals surface area contributed by atoms with Gasteiger partial charge in [-0.25, -0.2) is 0 Å². The molecule has 0 bridgehead atoms. The van der Waals surface area contributed by atoms with E-state index in [1.165, 1.54) is 0 Å². The van der Waals surface area contributed by atoms with Crippen LogP contribution in [0.3, 0.4) is 0 Å². The molecule has 0 atom stereocenters. The van der Waals surface area contributed by atoms with E-state index in [1.54, 1.807) is 18.2 Å². The first kappa shape index (κ1) is 15.5. The molecule has 0 fully saturated rings. The van der Waals surface area contributed by atoms with Crippen molar-refractivity contribution in [2.24, 2.45) is 0 Å². The van der Waals surface area contributed by atoms with E-state index in [2.05, 4.69) is 26.6 Å². The molecular formula is C13H18BrN3O2. The van der Waals surface area contributed by atoms with E-state index in [4.69, 9.17) is 5.73 Å². The standard InChI is InChI=1S/C13H18BrN3O2/c1-13(2,3)17-11(18)7-16-12(19)8-4-9(14)6-10(15)5-8/h4-6H,7,15H2,1-3H3,(H,16,19)(H,17,18). The van der Waals surface area contributed by atoms with Crippen LogP contribution in [-0.4, -0.2) is 23.9 Å². The summed E-state index contributed by atoms with van der Waals surface area (Å²) in [6.07, 6.45) is 0. The lowest BCUT2D eigenvalue weighted by Crippen LogP contribution is -2.45. The maximum atomic E-state index is 11.9. The van der Waals surface area contributed by atoms with Crippen LogP contribution in [0.25, 0.3) is 0 Å². The number of nitrogens with one attached hydrogen (secondary N) is 2. The molecule has 2 amide bonds. The monoisotopic (exact) mass is 327 g/mol. The zero-order valence-corrected chi connectivity index (χ0v) is 12.8. The van der Waals surface area contributed by atoms with Crippen LogP contribution in [0.5, 0.6) is 0 Å². The third-order valence-corrected chi connectivity index (χ3v) is 2.56. The van der Waals surface area contributed by atoms with Gasteiger partial charge in [0.25, 0.3) is 5.91 Å². The average Bonchev–Trinajstić information content (AvgIpc) is 2.22. The lowest BCUT2D eigenvalue weighted by Gasteiger charge is -2.20. The zero-order chi connectivity index (χ0) is 14.6. The molecule has 0 unspecified atom stereocenters. The summed E-state index contributed by atoms with van der Waals surface area (Å²) >= 11 is 3.26. The van der Waals surface area contributed by atoms with Gasteiger partial charge in [0.15, 0.2) is 0 Å². The molecule has 0 aliphatic heterocycles. The summed E-state index contributed by atoms with van der Waals surface area (Å²) in [6.45, 7) is 5.56. The topological polar surface area (TPSA) is 84.2 Å². The van der Waals surface area contributed by atoms with Gasteiger partial charge in [0.1, 0.15) is 0 Å². The largest absolute Gasteiger partial charge is 0.399 e. The van der Waals surface area contributed by atoms with Gasteiger partial charge in [0.2, 0.25) is 5.91 Å². The first-order valence-corrected chi connectivity index (χ1v) is 6.62. The minimum atomic E-state index is -0.336. The predicted octanol–water partition coefficient (Wildman–Crippen LogP) is 1.68. The molecular weight excluding hydrogens is 310 g/mol. The Balaban J connectivity index is 2.58. The molecule has 6 heteroatoms. The quantitative estimate of drug-likeness (QED) is 0.738. The van der Waals surface area contributed by atoms with Crippen LogP contribution in [0.4, 0.5) is 5.69 Å². The van der Waals surface area contributed by atoms with Gasteiger partial charge in [-0.1, -0.05) is 15.9 Å². The minimum Gasteiger partial charge on any atom is -0.399 e. The number of halogens is 1. The fourth-order valence-electron chi connectivity index (χ4n) is 1.47. The fourth-order valence-corrected chi connectivity index (χ4v) is 1.98. The number of anilines is 1. The second kappa shape index (κ2) is 6.06. The van der Waals surface area contributed by atoms with Crippen molar-refractivity contribution >= 4 is 33.4 Å². The highest BCUT2D eigenvalue weighted by molar-refractivity contribution is 9.10. The molecule has 5 nitrogen and oxygen atoms in total. The normalized spacial score (nSPS) is 10.9. The second-order valence-corrected chi connectivity index (χ2v) is 6.17. The molecule has 0 aliphatic carbocycles. The number of benzene rings is 1. The molecule has 4 N–H and O–H groups in total. The smallest absolute Gasteiger partial charge is 0.251 e. The second-order valence-electron chi connectivity index (χ2n) is 5.25. The summed E-state index contributed by atoms with van der Waals surface area (Å²) in [6, 6.07) is 4.90. The van der Waals surface area contributed by atoms with Crippen molar-refractivity contribution in [1.29, 1.82) is 0 Å². The van der Waals surface area contributed by atoms with Gasteiger partial charge in [0.05, 0.1) is 6.54 Å². The third-order valence-electron chi connectivity index (χ3n) is 2.11. The van der Waals surface area contributed by atoms with Crippen molar-refractivity contribution in [3.05, 3.63) is 28.2 Å². The summed E-state index contributed by atoms with van der Waals surface area (Å²) in [5.74, 6) is -0.569. The Morgan fingerprint density at radius 3 is 2.42 bits per heavy atom. The molecule has 1 aromatic rings. The molecule has 104 valence electrons. The summed E-state index contributed by atoms with van der Waals surface area (Å²) in [5.41, 5.74) is 6.23. The molecule has 0 heterocycles. The van der Waals surface area contributed by atoms with Crippen molar-refractivity contribution in [2.45, 2.75) is 26.3 Å². The van der Waals surface area contributed by atoms with Gasteiger partial charge in [-0.05, 0) is 39.0 Å². The van der Waals surface area contributed by atoms with Crippen LogP contribution in [0.2, 0.25) is 0 Å². The summed E-state index contributed by atoms with van der Waals surface area (Å²) < 4.78 is 0.719. The Kier molecular flexibility index (Phi) is 4.94. The zero-order valence-electron chi connectivity index (χ0n) is 11.2. The number of nitrogen functional groups attached to an aromatic ring is 1. The van der Waals surface area contributed by atoms with Crippen molar-refractivity contribution in [3.8, 4) is 0 Å². The van der Waals surface area contributed by atoms with Gasteiger partial charge in [-0.2, -0.15) is 0 Å². The Bertz CT molecular complexity index is 475. The van der Waals surface area contributed by atoms with Crippen molar-refractivity contribution in [2.75, 3.05) is 12.3 Å². The van der Waals surface area contributed by atoms with Crippen LogP contribution in [0.1, 0.15) is 31.1 Å². The summed E-state index contributed by atoms with van der Waals surface area (Å²) in [5, 5.41) is 5.31. The van der Waals surface area contributed by atoms with Gasteiger partial charge >= 0.3 is 0 Å². The first-order chi connectivity index (χ1) is 8.67. The molecule has 19 heavy (non-hydrogen) atoms. The Morgan fingerprint density at radius 1 is 1.26 bits per heavy atom. The van der Waals surface area contributed by atoms with Gasteiger partial charge < -0.3 is 16.4 Å². The number of hydrogen-bond donors (Lipinski definition) is 3. The van der Waals surface area contributed by atoms with E-state index >= 15 is 0 Å². The molecule has 0 aliphatic rings. The van der Waals surface area contributed by atoms with Gasteiger partial charge in [-0.3, -0.25) is 9.59 Å². The molecule has 1 aromatic carbocycles. The SMILES string of the molecule is CC(C)(C)NC(=O)CNC(=O)c1cc(N)cc(Br)c1. The summed E-state index contributed by atoms with van der Waals surface area (Å²) in [4.78, 5) is 23.4. The van der Waals surface area contributed by atoms with E-state index in [0.29, 0.717) is 11.3 Å². The minimum absolute atomic E-state index is 0.0669.